The molecule has 1 aliphatic heterocycles. The van der Waals surface area contributed by atoms with E-state index in [0.29, 0.717) is 0 Å². The minimum atomic E-state index is 0.742. The maximum absolute atomic E-state index is 6.03. The normalized spacial score (nSPS) is 15.5. The first-order valence-electron chi connectivity index (χ1n) is 8.65. The summed E-state index contributed by atoms with van der Waals surface area (Å²) in [7, 11) is 0. The van der Waals surface area contributed by atoms with Crippen molar-refractivity contribution in [3.8, 4) is 11.3 Å². The Labute approximate surface area is 153 Å². The van der Waals surface area contributed by atoms with Crippen LogP contribution in [-0.4, -0.2) is 31.1 Å². The summed E-state index contributed by atoms with van der Waals surface area (Å²) in [6.45, 7) is 5.05. The fraction of sp³-hybridized carbons (Fsp3) is 0.238. The Morgan fingerprint density at radius 2 is 1.52 bits per heavy atom. The minimum absolute atomic E-state index is 0.742. The van der Waals surface area contributed by atoms with Crippen molar-refractivity contribution in [1.82, 2.24) is 4.90 Å². The molecule has 0 atom stereocenters. The van der Waals surface area contributed by atoms with Crippen molar-refractivity contribution in [2.24, 2.45) is 0 Å². The van der Waals surface area contributed by atoms with Gasteiger partial charge in [0.25, 0.3) is 0 Å². The van der Waals surface area contributed by atoms with Crippen LogP contribution in [0.15, 0.2) is 71.1 Å². The highest BCUT2D eigenvalue weighted by Gasteiger charge is 2.18. The zero-order valence-electron chi connectivity index (χ0n) is 14.1. The highest BCUT2D eigenvalue weighted by Crippen LogP contribution is 2.25. The van der Waals surface area contributed by atoms with Gasteiger partial charge in [-0.25, -0.2) is 0 Å². The van der Waals surface area contributed by atoms with Crippen LogP contribution in [0.25, 0.3) is 11.3 Å². The van der Waals surface area contributed by atoms with Crippen molar-refractivity contribution in [3.63, 3.8) is 0 Å². The van der Waals surface area contributed by atoms with E-state index in [0.717, 1.165) is 54.8 Å². The van der Waals surface area contributed by atoms with Crippen LogP contribution < -0.4 is 4.90 Å². The molecule has 0 bridgehead atoms. The predicted molar refractivity (Wildman–Crippen MR) is 103 cm³/mol. The maximum atomic E-state index is 6.03. The lowest BCUT2D eigenvalue weighted by Crippen LogP contribution is -2.45. The molecule has 2 heterocycles. The molecule has 25 heavy (non-hydrogen) atoms. The van der Waals surface area contributed by atoms with Crippen LogP contribution in [0.5, 0.6) is 0 Å². The number of nitrogens with zero attached hydrogens (tertiary/aromatic N) is 2. The minimum Gasteiger partial charge on any atom is -0.460 e. The number of hydrogen-bond donors (Lipinski definition) is 0. The Balaban J connectivity index is 1.35. The summed E-state index contributed by atoms with van der Waals surface area (Å²) in [5.41, 5.74) is 2.37. The van der Waals surface area contributed by atoms with Crippen molar-refractivity contribution in [1.29, 1.82) is 0 Å². The van der Waals surface area contributed by atoms with Crippen LogP contribution in [0.4, 0.5) is 5.69 Å². The lowest BCUT2D eigenvalue weighted by Gasteiger charge is -2.35. The molecule has 1 fully saturated rings. The Hall–Kier alpha value is -2.23. The first-order chi connectivity index (χ1) is 12.3. The number of piperazine rings is 1. The maximum Gasteiger partial charge on any atom is 0.134 e. The molecule has 0 spiro atoms. The van der Waals surface area contributed by atoms with E-state index >= 15 is 0 Å². The van der Waals surface area contributed by atoms with Gasteiger partial charge in [0.05, 0.1) is 6.54 Å². The van der Waals surface area contributed by atoms with E-state index < -0.39 is 0 Å². The standard InChI is InChI=1S/C21H21ClN2O/c22-18-8-6-17(7-9-18)21-11-10-20(25-21)16-23-12-14-24(15-13-23)19-4-2-1-3-5-19/h1-11H,12-16H2. The molecule has 0 saturated carbocycles. The van der Waals surface area contributed by atoms with Crippen LogP contribution in [-0.2, 0) is 6.54 Å². The van der Waals surface area contributed by atoms with Crippen molar-refractivity contribution >= 4 is 17.3 Å². The first kappa shape index (κ1) is 16.2. The van der Waals surface area contributed by atoms with Crippen LogP contribution in [0.3, 0.4) is 0 Å². The third kappa shape index (κ3) is 3.89. The lowest BCUT2D eigenvalue weighted by atomic mass is 10.2. The summed E-state index contributed by atoms with van der Waals surface area (Å²) in [5.74, 6) is 1.91. The number of rotatable bonds is 4. The van der Waals surface area contributed by atoms with E-state index in [-0.39, 0.29) is 0 Å². The average molecular weight is 353 g/mol. The van der Waals surface area contributed by atoms with E-state index in [2.05, 4.69) is 46.2 Å². The van der Waals surface area contributed by atoms with E-state index in [1.807, 2.05) is 30.3 Å². The number of halogens is 1. The number of para-hydroxylation sites is 1. The van der Waals surface area contributed by atoms with Gasteiger partial charge in [0.15, 0.2) is 0 Å². The Morgan fingerprint density at radius 1 is 0.800 bits per heavy atom. The number of furan rings is 1. The summed E-state index contributed by atoms with van der Waals surface area (Å²) >= 11 is 5.95. The smallest absolute Gasteiger partial charge is 0.134 e. The third-order valence-corrected chi connectivity index (χ3v) is 4.92. The molecule has 0 unspecified atom stereocenters. The highest BCUT2D eigenvalue weighted by molar-refractivity contribution is 6.30. The SMILES string of the molecule is Clc1ccc(-c2ccc(CN3CCN(c4ccccc4)CC3)o2)cc1. The molecule has 3 nitrogen and oxygen atoms in total. The van der Waals surface area contributed by atoms with Gasteiger partial charge in [-0.1, -0.05) is 29.8 Å². The molecule has 0 amide bonds. The van der Waals surface area contributed by atoms with Gasteiger partial charge in [-0.2, -0.15) is 0 Å². The van der Waals surface area contributed by atoms with E-state index in [1.165, 1.54) is 5.69 Å². The van der Waals surface area contributed by atoms with E-state index in [9.17, 15) is 0 Å². The molecule has 0 aliphatic carbocycles. The zero-order valence-corrected chi connectivity index (χ0v) is 14.8. The first-order valence-corrected chi connectivity index (χ1v) is 9.03. The van der Waals surface area contributed by atoms with Gasteiger partial charge >= 0.3 is 0 Å². The monoisotopic (exact) mass is 352 g/mol. The second-order valence-electron chi connectivity index (χ2n) is 6.37. The van der Waals surface area contributed by atoms with Crippen LogP contribution in [0.1, 0.15) is 5.76 Å². The summed E-state index contributed by atoms with van der Waals surface area (Å²) in [6.07, 6.45) is 0. The number of benzene rings is 2. The van der Waals surface area contributed by atoms with Gasteiger partial charge in [-0.05, 0) is 48.5 Å². The van der Waals surface area contributed by atoms with Gasteiger partial charge in [0.2, 0.25) is 0 Å². The van der Waals surface area contributed by atoms with Crippen LogP contribution in [0.2, 0.25) is 5.02 Å². The van der Waals surface area contributed by atoms with Gasteiger partial charge in [0, 0.05) is 42.5 Å². The van der Waals surface area contributed by atoms with E-state index in [4.69, 9.17) is 16.0 Å². The fourth-order valence-corrected chi connectivity index (χ4v) is 3.38. The van der Waals surface area contributed by atoms with Gasteiger partial charge in [-0.3, -0.25) is 4.90 Å². The van der Waals surface area contributed by atoms with Crippen molar-refractivity contribution in [2.75, 3.05) is 31.1 Å². The zero-order chi connectivity index (χ0) is 17.1. The fourth-order valence-electron chi connectivity index (χ4n) is 3.26. The van der Waals surface area contributed by atoms with Crippen molar-refractivity contribution < 1.29 is 4.42 Å². The third-order valence-electron chi connectivity index (χ3n) is 4.66. The number of hydrogen-bond acceptors (Lipinski definition) is 3. The molecule has 2 aromatic carbocycles. The van der Waals surface area contributed by atoms with Crippen LogP contribution >= 0.6 is 11.6 Å². The molecule has 3 aromatic rings. The van der Waals surface area contributed by atoms with Gasteiger partial charge in [-0.15, -0.1) is 0 Å². The lowest BCUT2D eigenvalue weighted by molar-refractivity contribution is 0.231. The number of anilines is 1. The Morgan fingerprint density at radius 3 is 2.24 bits per heavy atom. The molecule has 4 rings (SSSR count). The summed E-state index contributed by atoms with van der Waals surface area (Å²) in [5, 5.41) is 0.742. The average Bonchev–Trinajstić information content (AvgIpc) is 3.12. The Kier molecular flexibility index (Phi) is 4.77. The van der Waals surface area contributed by atoms with Gasteiger partial charge in [0.1, 0.15) is 11.5 Å². The van der Waals surface area contributed by atoms with Gasteiger partial charge < -0.3 is 9.32 Å². The van der Waals surface area contributed by atoms with Crippen molar-refractivity contribution in [2.45, 2.75) is 6.54 Å². The molecular weight excluding hydrogens is 332 g/mol. The summed E-state index contributed by atoms with van der Waals surface area (Å²) in [6, 6.07) is 22.5. The molecule has 1 saturated heterocycles. The Bertz CT molecular complexity index is 805. The largest absolute Gasteiger partial charge is 0.460 e. The summed E-state index contributed by atoms with van der Waals surface area (Å²) < 4.78 is 6.03. The van der Waals surface area contributed by atoms with E-state index in [1.54, 1.807) is 0 Å². The molecule has 1 aromatic heterocycles. The second kappa shape index (κ2) is 7.34. The molecule has 128 valence electrons. The van der Waals surface area contributed by atoms with Crippen LogP contribution in [0, 0.1) is 0 Å². The molecular formula is C21H21ClN2O. The quantitative estimate of drug-likeness (QED) is 0.664. The highest BCUT2D eigenvalue weighted by atomic mass is 35.5. The molecule has 1 aliphatic rings. The molecule has 4 heteroatoms. The molecule has 0 radical (unpaired) electrons. The van der Waals surface area contributed by atoms with Crippen molar-refractivity contribution in [3.05, 3.63) is 77.5 Å². The second-order valence-corrected chi connectivity index (χ2v) is 6.81. The summed E-state index contributed by atoms with van der Waals surface area (Å²) in [4.78, 5) is 4.89. The predicted octanol–water partition coefficient (Wildman–Crippen LogP) is 4.92. The topological polar surface area (TPSA) is 19.6 Å². The molecule has 0 N–H and O–H groups in total.